The van der Waals surface area contributed by atoms with Crippen molar-refractivity contribution >= 4 is 22.6 Å². The van der Waals surface area contributed by atoms with Gasteiger partial charge >= 0.3 is 0 Å². The minimum absolute atomic E-state index is 0.229. The Kier molecular flexibility index (Phi) is 3.49. The number of benzene rings is 1. The minimum atomic E-state index is -0.229. The predicted molar refractivity (Wildman–Crippen MR) is 68.5 cm³/mol. The number of aliphatic imine (C=N–C) groups is 1. The Labute approximate surface area is 99.3 Å². The smallest absolute Gasteiger partial charge is 0.161 e. The van der Waals surface area contributed by atoms with Crippen molar-refractivity contribution in [3.63, 3.8) is 0 Å². The van der Waals surface area contributed by atoms with Crippen molar-refractivity contribution in [2.75, 3.05) is 11.1 Å². The molecule has 0 bridgehead atoms. The van der Waals surface area contributed by atoms with Crippen LogP contribution >= 0.6 is 11.8 Å². The lowest BCUT2D eigenvalue weighted by Crippen LogP contribution is -2.25. The van der Waals surface area contributed by atoms with Gasteiger partial charge in [-0.2, -0.15) is 0 Å². The molecule has 0 amide bonds. The second-order valence-corrected chi connectivity index (χ2v) is 5.11. The van der Waals surface area contributed by atoms with E-state index in [4.69, 9.17) is 0 Å². The lowest BCUT2D eigenvalue weighted by molar-refractivity contribution is 0.537. The standard InChI is InChI=1S/C12H15FN2S/c1-8-7-16-12(14-9(8)2)15-11-5-3-4-10(13)6-11/h3-6,8-9H,7H2,1-2H3,(H,14,15). The summed E-state index contributed by atoms with van der Waals surface area (Å²) in [4.78, 5) is 4.53. The summed E-state index contributed by atoms with van der Waals surface area (Å²) in [7, 11) is 0. The highest BCUT2D eigenvalue weighted by Crippen LogP contribution is 2.23. The van der Waals surface area contributed by atoms with Crippen molar-refractivity contribution in [3.8, 4) is 0 Å². The van der Waals surface area contributed by atoms with Gasteiger partial charge in [-0.05, 0) is 31.0 Å². The minimum Gasteiger partial charge on any atom is -0.335 e. The fourth-order valence-corrected chi connectivity index (χ4v) is 2.59. The van der Waals surface area contributed by atoms with Crippen molar-refractivity contribution in [1.29, 1.82) is 0 Å². The van der Waals surface area contributed by atoms with Crippen molar-refractivity contribution in [2.45, 2.75) is 19.9 Å². The van der Waals surface area contributed by atoms with Crippen molar-refractivity contribution in [1.82, 2.24) is 0 Å². The summed E-state index contributed by atoms with van der Waals surface area (Å²) in [6.07, 6.45) is 0. The number of halogens is 1. The van der Waals surface area contributed by atoms with E-state index in [9.17, 15) is 4.39 Å². The lowest BCUT2D eigenvalue weighted by Gasteiger charge is -2.23. The van der Waals surface area contributed by atoms with E-state index in [2.05, 4.69) is 24.2 Å². The quantitative estimate of drug-likeness (QED) is 0.811. The van der Waals surface area contributed by atoms with E-state index in [-0.39, 0.29) is 5.82 Å². The summed E-state index contributed by atoms with van der Waals surface area (Å²) in [6, 6.07) is 6.78. The van der Waals surface area contributed by atoms with Crippen molar-refractivity contribution in [3.05, 3.63) is 30.1 Å². The van der Waals surface area contributed by atoms with Crippen LogP contribution in [-0.2, 0) is 0 Å². The van der Waals surface area contributed by atoms with Crippen LogP contribution in [0.3, 0.4) is 0 Å². The number of amidine groups is 1. The summed E-state index contributed by atoms with van der Waals surface area (Å²) >= 11 is 1.69. The highest BCUT2D eigenvalue weighted by molar-refractivity contribution is 8.14. The molecular weight excluding hydrogens is 223 g/mol. The molecule has 1 aliphatic heterocycles. The maximum Gasteiger partial charge on any atom is 0.161 e. The third kappa shape index (κ3) is 2.76. The van der Waals surface area contributed by atoms with Crippen LogP contribution in [0.1, 0.15) is 13.8 Å². The van der Waals surface area contributed by atoms with E-state index in [0.717, 1.165) is 16.6 Å². The van der Waals surface area contributed by atoms with Crippen LogP contribution in [0.4, 0.5) is 10.1 Å². The fourth-order valence-electron chi connectivity index (χ4n) is 1.46. The molecular formula is C12H15FN2S. The monoisotopic (exact) mass is 238 g/mol. The summed E-state index contributed by atoms with van der Waals surface area (Å²) in [5.41, 5.74) is 0.757. The zero-order valence-corrected chi connectivity index (χ0v) is 10.2. The van der Waals surface area contributed by atoms with Gasteiger partial charge in [-0.3, -0.25) is 4.99 Å². The van der Waals surface area contributed by atoms with Gasteiger partial charge in [0, 0.05) is 11.4 Å². The molecule has 1 aromatic rings. The van der Waals surface area contributed by atoms with E-state index in [1.807, 2.05) is 6.07 Å². The first kappa shape index (κ1) is 11.5. The molecule has 0 aliphatic carbocycles. The largest absolute Gasteiger partial charge is 0.335 e. The normalized spacial score (nSPS) is 25.1. The van der Waals surface area contributed by atoms with Gasteiger partial charge in [0.2, 0.25) is 0 Å². The second kappa shape index (κ2) is 4.87. The Morgan fingerprint density at radius 2 is 2.25 bits per heavy atom. The first-order valence-electron chi connectivity index (χ1n) is 5.38. The van der Waals surface area contributed by atoms with Gasteiger partial charge < -0.3 is 5.32 Å². The number of hydrogen-bond donors (Lipinski definition) is 1. The van der Waals surface area contributed by atoms with Gasteiger partial charge in [0.1, 0.15) is 5.82 Å². The molecule has 4 heteroatoms. The van der Waals surface area contributed by atoms with E-state index in [1.54, 1.807) is 17.8 Å². The van der Waals surface area contributed by atoms with E-state index in [1.165, 1.54) is 12.1 Å². The van der Waals surface area contributed by atoms with Crippen LogP contribution in [0.15, 0.2) is 29.3 Å². The molecule has 16 heavy (non-hydrogen) atoms. The maximum atomic E-state index is 13.0. The third-order valence-corrected chi connectivity index (χ3v) is 3.88. The van der Waals surface area contributed by atoms with Crippen LogP contribution < -0.4 is 5.32 Å². The van der Waals surface area contributed by atoms with Crippen LogP contribution in [-0.4, -0.2) is 17.0 Å². The molecule has 1 aliphatic rings. The maximum absolute atomic E-state index is 13.0. The van der Waals surface area contributed by atoms with Crippen LogP contribution in [0.5, 0.6) is 0 Å². The third-order valence-electron chi connectivity index (χ3n) is 2.70. The molecule has 0 fully saturated rings. The average molecular weight is 238 g/mol. The number of anilines is 1. The Morgan fingerprint density at radius 3 is 2.94 bits per heavy atom. The van der Waals surface area contributed by atoms with Crippen LogP contribution in [0, 0.1) is 11.7 Å². The van der Waals surface area contributed by atoms with Crippen LogP contribution in [0.25, 0.3) is 0 Å². The molecule has 1 N–H and O–H groups in total. The average Bonchev–Trinajstić information content (AvgIpc) is 2.24. The Bertz CT molecular complexity index is 406. The Hall–Kier alpha value is -1.03. The SMILES string of the molecule is CC1CSC(Nc2cccc(F)c2)=NC1C. The zero-order chi connectivity index (χ0) is 11.5. The second-order valence-electron chi connectivity index (χ2n) is 4.10. The van der Waals surface area contributed by atoms with Gasteiger partial charge in [-0.1, -0.05) is 24.8 Å². The lowest BCUT2D eigenvalue weighted by atomic mass is 10.1. The molecule has 0 aromatic heterocycles. The number of rotatable bonds is 1. The van der Waals surface area contributed by atoms with Crippen LogP contribution in [0.2, 0.25) is 0 Å². The molecule has 1 aromatic carbocycles. The zero-order valence-electron chi connectivity index (χ0n) is 9.40. The molecule has 2 unspecified atom stereocenters. The fraction of sp³-hybridized carbons (Fsp3) is 0.417. The molecule has 1 heterocycles. The number of nitrogens with one attached hydrogen (secondary N) is 1. The number of thioether (sulfide) groups is 1. The van der Waals surface area contributed by atoms with Gasteiger partial charge in [0.15, 0.2) is 5.17 Å². The number of hydrogen-bond acceptors (Lipinski definition) is 3. The first-order valence-corrected chi connectivity index (χ1v) is 6.37. The molecule has 86 valence electrons. The Balaban J connectivity index is 2.08. The van der Waals surface area contributed by atoms with Crippen molar-refractivity contribution < 1.29 is 4.39 Å². The van der Waals surface area contributed by atoms with E-state index < -0.39 is 0 Å². The van der Waals surface area contributed by atoms with Gasteiger partial charge in [-0.15, -0.1) is 0 Å². The topological polar surface area (TPSA) is 24.4 Å². The predicted octanol–water partition coefficient (Wildman–Crippen LogP) is 3.37. The molecule has 0 spiro atoms. The highest BCUT2D eigenvalue weighted by atomic mass is 32.2. The molecule has 0 saturated carbocycles. The Morgan fingerprint density at radius 1 is 1.44 bits per heavy atom. The number of nitrogens with zero attached hydrogens (tertiary/aromatic N) is 1. The molecule has 2 nitrogen and oxygen atoms in total. The van der Waals surface area contributed by atoms with Gasteiger partial charge in [0.25, 0.3) is 0 Å². The summed E-state index contributed by atoms with van der Waals surface area (Å²) in [5, 5.41) is 4.03. The summed E-state index contributed by atoms with van der Waals surface area (Å²) in [6.45, 7) is 4.30. The molecule has 0 radical (unpaired) electrons. The molecule has 2 rings (SSSR count). The molecule has 2 atom stereocenters. The van der Waals surface area contributed by atoms with Crippen molar-refractivity contribution in [2.24, 2.45) is 10.9 Å². The summed E-state index contributed by atoms with van der Waals surface area (Å²) in [5.74, 6) is 1.43. The molecule has 0 saturated heterocycles. The summed E-state index contributed by atoms with van der Waals surface area (Å²) < 4.78 is 13.0. The van der Waals surface area contributed by atoms with E-state index >= 15 is 0 Å². The van der Waals surface area contributed by atoms with Gasteiger partial charge in [0.05, 0.1) is 6.04 Å². The van der Waals surface area contributed by atoms with Gasteiger partial charge in [-0.25, -0.2) is 4.39 Å². The van der Waals surface area contributed by atoms with E-state index in [0.29, 0.717) is 12.0 Å². The highest BCUT2D eigenvalue weighted by Gasteiger charge is 2.19. The first-order chi connectivity index (χ1) is 7.65.